The summed E-state index contributed by atoms with van der Waals surface area (Å²) in [6.45, 7) is 13.7. The first kappa shape index (κ1) is 41.3. The van der Waals surface area contributed by atoms with Crippen LogP contribution in [0.25, 0.3) is 0 Å². The third kappa shape index (κ3) is 17.5. The number of benzene rings is 1. The molecule has 48 heavy (non-hydrogen) atoms. The Bertz CT molecular complexity index is 1080. The van der Waals surface area contributed by atoms with Gasteiger partial charge in [-0.25, -0.2) is 4.79 Å². The highest BCUT2D eigenvalue weighted by Crippen LogP contribution is 2.29. The van der Waals surface area contributed by atoms with Gasteiger partial charge in [0.05, 0.1) is 24.3 Å². The van der Waals surface area contributed by atoms with Crippen molar-refractivity contribution in [2.24, 2.45) is 17.8 Å². The molecule has 1 aliphatic carbocycles. The fourth-order valence-electron chi connectivity index (χ4n) is 6.39. The molecule has 3 amide bonds. The van der Waals surface area contributed by atoms with Crippen LogP contribution in [0.4, 0.5) is 4.79 Å². The third-order valence-corrected chi connectivity index (χ3v) is 9.14. The molecule has 0 saturated heterocycles. The van der Waals surface area contributed by atoms with Gasteiger partial charge in [0.1, 0.15) is 5.60 Å². The van der Waals surface area contributed by atoms with Crippen LogP contribution in [0.3, 0.4) is 0 Å². The van der Waals surface area contributed by atoms with E-state index in [4.69, 9.17) is 4.74 Å². The van der Waals surface area contributed by atoms with Gasteiger partial charge in [-0.05, 0) is 89.5 Å². The summed E-state index contributed by atoms with van der Waals surface area (Å²) in [6.07, 6.45) is 9.77. The maximum atomic E-state index is 14.0. The molecule has 0 spiro atoms. The standard InChI is InChI=1S/C39H65N3O6/c1-7-8-11-20-31(27-35(44)33(26-30-18-14-10-15-19-30)42-38(47)48-39(4,5)6)37(46)41-32(25-29-16-12-9-13-17-29)34(43)23-24-40-36(45)22-21-28(2)3/h7,10,14-15,18-19,28-29,31-35,43-44H,1,8-9,11-13,16-17,20-27H2,2-6H3,(H,40,45)(H,41,46)(H,42,47)/t31-,32+,33+,34+,35+/m1/s1. The number of carbonyl (C=O) groups excluding carboxylic acids is 3. The summed E-state index contributed by atoms with van der Waals surface area (Å²) in [7, 11) is 0. The Morgan fingerprint density at radius 1 is 0.958 bits per heavy atom. The van der Waals surface area contributed by atoms with Crippen LogP contribution in [0, 0.1) is 17.8 Å². The average Bonchev–Trinajstić information content (AvgIpc) is 3.02. The first-order chi connectivity index (χ1) is 22.8. The Kier molecular flexibility index (Phi) is 18.9. The van der Waals surface area contributed by atoms with Gasteiger partial charge in [0, 0.05) is 18.9 Å². The van der Waals surface area contributed by atoms with Crippen molar-refractivity contribution in [2.45, 2.75) is 154 Å². The van der Waals surface area contributed by atoms with Crippen molar-refractivity contribution in [3.8, 4) is 0 Å². The molecule has 0 aromatic heterocycles. The Hall–Kier alpha value is -2.91. The highest BCUT2D eigenvalue weighted by Gasteiger charge is 2.32. The number of aliphatic hydroxyl groups is 2. The number of rotatable bonds is 21. The van der Waals surface area contributed by atoms with Gasteiger partial charge in [0.15, 0.2) is 0 Å². The second-order valence-electron chi connectivity index (χ2n) is 15.2. The summed E-state index contributed by atoms with van der Waals surface area (Å²) in [5, 5.41) is 31.9. The van der Waals surface area contributed by atoms with E-state index >= 15 is 0 Å². The zero-order valence-electron chi connectivity index (χ0n) is 30.3. The number of alkyl carbamates (subject to hydrolysis) is 1. The molecule has 0 bridgehead atoms. The maximum Gasteiger partial charge on any atom is 0.407 e. The van der Waals surface area contributed by atoms with E-state index in [1.54, 1.807) is 20.8 Å². The van der Waals surface area contributed by atoms with Crippen molar-refractivity contribution in [3.05, 3.63) is 48.6 Å². The number of hydrogen-bond donors (Lipinski definition) is 5. The summed E-state index contributed by atoms with van der Waals surface area (Å²) < 4.78 is 5.50. The highest BCUT2D eigenvalue weighted by atomic mass is 16.6. The number of hydrogen-bond acceptors (Lipinski definition) is 6. The number of ether oxygens (including phenoxy) is 1. The lowest BCUT2D eigenvalue weighted by Gasteiger charge is -2.32. The van der Waals surface area contributed by atoms with Crippen molar-refractivity contribution < 1.29 is 29.3 Å². The molecule has 5 atom stereocenters. The molecule has 1 saturated carbocycles. The molecule has 0 radical (unpaired) electrons. The van der Waals surface area contributed by atoms with Gasteiger partial charge >= 0.3 is 6.09 Å². The van der Waals surface area contributed by atoms with Gasteiger partial charge < -0.3 is 30.9 Å². The van der Waals surface area contributed by atoms with E-state index in [-0.39, 0.29) is 18.2 Å². The molecule has 1 aromatic carbocycles. The van der Waals surface area contributed by atoms with E-state index in [2.05, 4.69) is 36.4 Å². The summed E-state index contributed by atoms with van der Waals surface area (Å²) in [4.78, 5) is 39.1. The predicted octanol–water partition coefficient (Wildman–Crippen LogP) is 6.60. The van der Waals surface area contributed by atoms with E-state index in [0.29, 0.717) is 50.5 Å². The summed E-state index contributed by atoms with van der Waals surface area (Å²) in [6, 6.07) is 8.46. The molecule has 1 fully saturated rings. The van der Waals surface area contributed by atoms with Gasteiger partial charge in [0.25, 0.3) is 0 Å². The second-order valence-corrected chi connectivity index (χ2v) is 15.2. The molecule has 9 heteroatoms. The van der Waals surface area contributed by atoms with Gasteiger partial charge in [-0.1, -0.05) is 82.4 Å². The Balaban J connectivity index is 2.19. The SMILES string of the molecule is C=CCCC[C@H](C[C@H](O)[C@H](Cc1ccccc1)NC(=O)OC(C)(C)C)C(=O)N[C@@H](CC1CCCCC1)[C@@H](O)CCNC(=O)CCC(C)C. The van der Waals surface area contributed by atoms with Crippen LogP contribution in [0.2, 0.25) is 0 Å². The topological polar surface area (TPSA) is 137 Å². The van der Waals surface area contributed by atoms with Gasteiger partial charge in [0.2, 0.25) is 11.8 Å². The summed E-state index contributed by atoms with van der Waals surface area (Å²) in [5.41, 5.74) is 0.238. The number of carbonyl (C=O) groups is 3. The van der Waals surface area contributed by atoms with E-state index in [9.17, 15) is 24.6 Å². The number of allylic oxidation sites excluding steroid dienone is 1. The Morgan fingerprint density at radius 3 is 2.27 bits per heavy atom. The number of unbranched alkanes of at least 4 members (excludes halogenated alkanes) is 1. The van der Waals surface area contributed by atoms with Crippen molar-refractivity contribution in [1.82, 2.24) is 16.0 Å². The molecule has 5 N–H and O–H groups in total. The van der Waals surface area contributed by atoms with Crippen molar-refractivity contribution in [2.75, 3.05) is 6.54 Å². The predicted molar refractivity (Wildman–Crippen MR) is 192 cm³/mol. The summed E-state index contributed by atoms with van der Waals surface area (Å²) >= 11 is 0. The molecule has 272 valence electrons. The molecule has 1 aromatic rings. The third-order valence-electron chi connectivity index (χ3n) is 9.14. The van der Waals surface area contributed by atoms with Crippen LogP contribution in [-0.2, 0) is 20.7 Å². The molecule has 0 unspecified atom stereocenters. The number of amides is 3. The lowest BCUT2D eigenvalue weighted by atomic mass is 9.83. The van der Waals surface area contributed by atoms with Gasteiger partial charge in [-0.2, -0.15) is 0 Å². The summed E-state index contributed by atoms with van der Waals surface area (Å²) in [5.74, 6) is 0.0729. The fourth-order valence-corrected chi connectivity index (χ4v) is 6.39. The largest absolute Gasteiger partial charge is 0.444 e. The van der Waals surface area contributed by atoms with Crippen molar-refractivity contribution in [1.29, 1.82) is 0 Å². The number of aliphatic hydroxyl groups excluding tert-OH is 2. The van der Waals surface area contributed by atoms with E-state index in [1.807, 2.05) is 36.4 Å². The molecular weight excluding hydrogens is 606 g/mol. The van der Waals surface area contributed by atoms with Crippen LogP contribution < -0.4 is 16.0 Å². The zero-order chi connectivity index (χ0) is 35.5. The van der Waals surface area contributed by atoms with Crippen LogP contribution >= 0.6 is 0 Å². The Labute approximate surface area is 290 Å². The molecule has 9 nitrogen and oxygen atoms in total. The lowest BCUT2D eigenvalue weighted by molar-refractivity contribution is -0.128. The lowest BCUT2D eigenvalue weighted by Crippen LogP contribution is -2.50. The molecular formula is C39H65N3O6. The smallest absolute Gasteiger partial charge is 0.407 e. The second kappa shape index (κ2) is 21.9. The van der Waals surface area contributed by atoms with Crippen molar-refractivity contribution >= 4 is 17.9 Å². The minimum Gasteiger partial charge on any atom is -0.444 e. The van der Waals surface area contributed by atoms with Crippen LogP contribution in [0.1, 0.15) is 124 Å². The Morgan fingerprint density at radius 2 is 1.65 bits per heavy atom. The number of nitrogens with one attached hydrogen (secondary N) is 3. The van der Waals surface area contributed by atoms with Crippen LogP contribution in [0.15, 0.2) is 43.0 Å². The van der Waals surface area contributed by atoms with E-state index < -0.39 is 41.9 Å². The fraction of sp³-hybridized carbons (Fsp3) is 0.718. The first-order valence-electron chi connectivity index (χ1n) is 18.3. The van der Waals surface area contributed by atoms with E-state index in [1.165, 1.54) is 6.42 Å². The zero-order valence-corrected chi connectivity index (χ0v) is 30.3. The average molecular weight is 672 g/mol. The molecule has 0 aliphatic heterocycles. The molecule has 1 aliphatic rings. The highest BCUT2D eigenvalue weighted by molar-refractivity contribution is 5.79. The van der Waals surface area contributed by atoms with E-state index in [0.717, 1.165) is 50.5 Å². The quantitative estimate of drug-likeness (QED) is 0.0738. The molecule has 2 rings (SSSR count). The minimum atomic E-state index is -1.03. The molecule has 0 heterocycles. The van der Waals surface area contributed by atoms with Gasteiger partial charge in [-0.15, -0.1) is 6.58 Å². The van der Waals surface area contributed by atoms with Crippen molar-refractivity contribution in [3.63, 3.8) is 0 Å². The maximum absolute atomic E-state index is 14.0. The van der Waals surface area contributed by atoms with Crippen LogP contribution in [0.5, 0.6) is 0 Å². The first-order valence-corrected chi connectivity index (χ1v) is 18.3. The normalized spacial score (nSPS) is 17.1. The van der Waals surface area contributed by atoms with Crippen LogP contribution in [-0.4, -0.2) is 64.6 Å². The van der Waals surface area contributed by atoms with Gasteiger partial charge in [-0.3, -0.25) is 9.59 Å². The monoisotopic (exact) mass is 671 g/mol. The minimum absolute atomic E-state index is 0.0231.